The second kappa shape index (κ2) is 6.47. The number of rotatable bonds is 5. The van der Waals surface area contributed by atoms with Crippen molar-refractivity contribution in [1.82, 2.24) is 9.97 Å². The molecule has 0 amide bonds. The SMILES string of the molecule is CCN(c1cc(NC2CCS(=O)(=O)C2)ncn1)C1CCS(=O)(=O)C1. The maximum atomic E-state index is 11.7. The van der Waals surface area contributed by atoms with Gasteiger partial charge in [-0.3, -0.25) is 0 Å². The number of hydrogen-bond acceptors (Lipinski definition) is 8. The second-order valence-electron chi connectivity index (χ2n) is 6.35. The van der Waals surface area contributed by atoms with Crippen LogP contribution in [0.15, 0.2) is 12.4 Å². The zero-order valence-electron chi connectivity index (χ0n) is 13.6. The van der Waals surface area contributed by atoms with E-state index in [1.54, 1.807) is 6.07 Å². The Bertz CT molecular complexity index is 810. The smallest absolute Gasteiger partial charge is 0.152 e. The summed E-state index contributed by atoms with van der Waals surface area (Å²) in [6, 6.07) is 1.55. The summed E-state index contributed by atoms with van der Waals surface area (Å²) >= 11 is 0. The second-order valence-corrected chi connectivity index (χ2v) is 10.8. The van der Waals surface area contributed by atoms with E-state index in [2.05, 4.69) is 15.3 Å². The van der Waals surface area contributed by atoms with E-state index in [0.29, 0.717) is 31.0 Å². The molecule has 3 heterocycles. The first-order valence-corrected chi connectivity index (χ1v) is 11.7. The van der Waals surface area contributed by atoms with Crippen LogP contribution in [-0.4, -0.2) is 68.4 Å². The van der Waals surface area contributed by atoms with Gasteiger partial charge in [-0.2, -0.15) is 0 Å². The molecule has 1 N–H and O–H groups in total. The lowest BCUT2D eigenvalue weighted by Crippen LogP contribution is -2.36. The summed E-state index contributed by atoms with van der Waals surface area (Å²) in [5.74, 6) is 1.91. The van der Waals surface area contributed by atoms with E-state index in [1.807, 2.05) is 11.8 Å². The molecule has 3 rings (SSSR count). The van der Waals surface area contributed by atoms with Crippen molar-refractivity contribution in [2.75, 3.05) is 39.8 Å². The highest BCUT2D eigenvalue weighted by Crippen LogP contribution is 2.24. The Kier molecular flexibility index (Phi) is 4.69. The Balaban J connectivity index is 1.74. The predicted molar refractivity (Wildman–Crippen MR) is 92.8 cm³/mol. The maximum absolute atomic E-state index is 11.7. The van der Waals surface area contributed by atoms with Gasteiger partial charge in [0, 0.05) is 24.7 Å². The van der Waals surface area contributed by atoms with Gasteiger partial charge in [0.05, 0.1) is 23.0 Å². The topological polar surface area (TPSA) is 109 Å². The number of nitrogens with one attached hydrogen (secondary N) is 1. The van der Waals surface area contributed by atoms with Crippen molar-refractivity contribution in [1.29, 1.82) is 0 Å². The fourth-order valence-corrected chi connectivity index (χ4v) is 6.73. The quantitative estimate of drug-likeness (QED) is 0.772. The van der Waals surface area contributed by atoms with E-state index >= 15 is 0 Å². The van der Waals surface area contributed by atoms with Gasteiger partial charge in [-0.05, 0) is 19.8 Å². The van der Waals surface area contributed by atoms with Crippen molar-refractivity contribution >= 4 is 31.3 Å². The third-order valence-electron chi connectivity index (χ3n) is 4.52. The first kappa shape index (κ1) is 17.4. The van der Waals surface area contributed by atoms with Crippen LogP contribution >= 0.6 is 0 Å². The lowest BCUT2D eigenvalue weighted by atomic mass is 10.2. The summed E-state index contributed by atoms with van der Waals surface area (Å²) < 4.78 is 46.5. The largest absolute Gasteiger partial charge is 0.366 e. The third-order valence-corrected chi connectivity index (χ3v) is 8.04. The summed E-state index contributed by atoms with van der Waals surface area (Å²) in [5.41, 5.74) is 0. The van der Waals surface area contributed by atoms with Gasteiger partial charge in [-0.15, -0.1) is 0 Å². The molecule has 2 atom stereocenters. The summed E-state index contributed by atoms with van der Waals surface area (Å²) in [6.07, 6.45) is 2.59. The summed E-state index contributed by atoms with van der Waals surface area (Å²) in [5, 5.41) is 3.15. The van der Waals surface area contributed by atoms with E-state index < -0.39 is 19.7 Å². The molecule has 0 aromatic carbocycles. The van der Waals surface area contributed by atoms with Gasteiger partial charge in [0.15, 0.2) is 19.7 Å². The molecule has 1 aromatic heterocycles. The number of aromatic nitrogens is 2. The summed E-state index contributed by atoms with van der Waals surface area (Å²) in [6.45, 7) is 2.61. The molecule has 0 spiro atoms. The molecule has 2 fully saturated rings. The lowest BCUT2D eigenvalue weighted by molar-refractivity contribution is 0.598. The van der Waals surface area contributed by atoms with E-state index in [0.717, 1.165) is 0 Å². The van der Waals surface area contributed by atoms with Crippen LogP contribution in [0.3, 0.4) is 0 Å². The van der Waals surface area contributed by atoms with Crippen LogP contribution in [0.4, 0.5) is 11.6 Å². The van der Waals surface area contributed by atoms with Crippen molar-refractivity contribution in [2.45, 2.75) is 31.8 Å². The highest BCUT2D eigenvalue weighted by molar-refractivity contribution is 7.91. The van der Waals surface area contributed by atoms with Crippen LogP contribution in [0.5, 0.6) is 0 Å². The first-order chi connectivity index (χ1) is 11.3. The molecule has 0 saturated carbocycles. The molecule has 1 aromatic rings. The van der Waals surface area contributed by atoms with Crippen LogP contribution in [0, 0.1) is 0 Å². The number of anilines is 2. The van der Waals surface area contributed by atoms with Gasteiger partial charge in [-0.1, -0.05) is 0 Å². The molecule has 8 nitrogen and oxygen atoms in total. The van der Waals surface area contributed by atoms with Crippen LogP contribution in [0.2, 0.25) is 0 Å². The fourth-order valence-electron chi connectivity index (χ4n) is 3.33. The molecule has 0 radical (unpaired) electrons. The third kappa shape index (κ3) is 3.97. The number of hydrogen-bond donors (Lipinski definition) is 1. The monoisotopic (exact) mass is 374 g/mol. The average molecular weight is 374 g/mol. The molecule has 134 valence electrons. The predicted octanol–water partition coefficient (Wildman–Crippen LogP) is 0.0890. The Hall–Kier alpha value is -1.42. The molecular formula is C14H22N4O4S2. The fraction of sp³-hybridized carbons (Fsp3) is 0.714. The standard InChI is InChI=1S/C14H22N4O4S2/c1-2-18(12-4-6-24(21,22)9-12)14-7-13(15-10-16-14)17-11-3-5-23(19,20)8-11/h7,10-12H,2-6,8-9H2,1H3,(H,15,16,17). The zero-order valence-corrected chi connectivity index (χ0v) is 15.2. The maximum Gasteiger partial charge on any atom is 0.152 e. The van der Waals surface area contributed by atoms with Gasteiger partial charge in [0.25, 0.3) is 0 Å². The number of sulfone groups is 2. The van der Waals surface area contributed by atoms with Crippen molar-refractivity contribution in [3.8, 4) is 0 Å². The summed E-state index contributed by atoms with van der Waals surface area (Å²) in [7, 11) is -5.92. The van der Waals surface area contributed by atoms with Gasteiger partial charge in [0.2, 0.25) is 0 Å². The van der Waals surface area contributed by atoms with E-state index in [9.17, 15) is 16.8 Å². The van der Waals surface area contributed by atoms with Gasteiger partial charge in [-0.25, -0.2) is 26.8 Å². The van der Waals surface area contributed by atoms with Crippen molar-refractivity contribution in [3.63, 3.8) is 0 Å². The van der Waals surface area contributed by atoms with Crippen molar-refractivity contribution in [3.05, 3.63) is 12.4 Å². The van der Waals surface area contributed by atoms with Gasteiger partial charge in [0.1, 0.15) is 18.0 Å². The van der Waals surface area contributed by atoms with Gasteiger partial charge < -0.3 is 10.2 Å². The first-order valence-electron chi connectivity index (χ1n) is 8.04. The molecule has 2 unspecified atom stereocenters. The van der Waals surface area contributed by atoms with Crippen molar-refractivity contribution in [2.24, 2.45) is 0 Å². The Morgan fingerprint density at radius 1 is 1.12 bits per heavy atom. The van der Waals surface area contributed by atoms with E-state index in [-0.39, 0.29) is 35.1 Å². The number of nitrogens with zero attached hydrogens (tertiary/aromatic N) is 3. The molecule has 0 aliphatic carbocycles. The molecule has 24 heavy (non-hydrogen) atoms. The normalized spacial score (nSPS) is 27.9. The van der Waals surface area contributed by atoms with E-state index in [4.69, 9.17) is 0 Å². The zero-order chi connectivity index (χ0) is 17.4. The molecular weight excluding hydrogens is 352 g/mol. The Morgan fingerprint density at radius 2 is 1.83 bits per heavy atom. The Labute approximate surface area is 142 Å². The minimum atomic E-state index is -2.97. The highest BCUT2D eigenvalue weighted by Gasteiger charge is 2.33. The van der Waals surface area contributed by atoms with Crippen molar-refractivity contribution < 1.29 is 16.8 Å². The van der Waals surface area contributed by atoms with Crippen LogP contribution in [0.25, 0.3) is 0 Å². The average Bonchev–Trinajstić information content (AvgIpc) is 3.02. The lowest BCUT2D eigenvalue weighted by Gasteiger charge is -2.28. The van der Waals surface area contributed by atoms with E-state index in [1.165, 1.54) is 6.33 Å². The molecule has 2 saturated heterocycles. The minimum Gasteiger partial charge on any atom is -0.366 e. The minimum absolute atomic E-state index is 0.0744. The molecule has 10 heteroatoms. The molecule has 0 bridgehead atoms. The van der Waals surface area contributed by atoms with Crippen LogP contribution in [0.1, 0.15) is 19.8 Å². The summed E-state index contributed by atoms with van der Waals surface area (Å²) in [4.78, 5) is 10.4. The van der Waals surface area contributed by atoms with Crippen LogP contribution in [-0.2, 0) is 19.7 Å². The molecule has 2 aliphatic rings. The van der Waals surface area contributed by atoms with Crippen LogP contribution < -0.4 is 10.2 Å². The van der Waals surface area contributed by atoms with Gasteiger partial charge >= 0.3 is 0 Å². The highest BCUT2D eigenvalue weighted by atomic mass is 32.2. The molecule has 2 aliphatic heterocycles. The Morgan fingerprint density at radius 3 is 2.42 bits per heavy atom.